The number of ether oxygens (including phenoxy) is 2. The van der Waals surface area contributed by atoms with E-state index >= 15 is 0 Å². The molecule has 0 bridgehead atoms. The Bertz CT molecular complexity index is 2230. The molecule has 33 heteroatoms. The number of nitrogen functional groups attached to an aromatic ring is 2. The summed E-state index contributed by atoms with van der Waals surface area (Å²) < 4.78 is 82.1. The monoisotopic (exact) mass is 868 g/mol. The third kappa shape index (κ3) is 8.24. The van der Waals surface area contributed by atoms with E-state index in [2.05, 4.69) is 34.2 Å². The van der Waals surface area contributed by atoms with E-state index in [9.17, 15) is 58.0 Å². The number of aliphatic hydroxyl groups excluding tert-OH is 3. The molecule has 6 rings (SSSR count). The minimum atomic E-state index is -5.69. The molecule has 4 unspecified atom stereocenters. The molecule has 2 aliphatic heterocycles. The number of phosphoric acid groups is 2. The first-order valence-corrected chi connectivity index (χ1v) is 21.4. The van der Waals surface area contributed by atoms with Crippen LogP contribution in [0.15, 0.2) is 25.3 Å². The van der Waals surface area contributed by atoms with Crippen LogP contribution in [-0.2, 0) is 45.6 Å². The number of rotatable bonds is 14. The molecule has 28 nitrogen and oxygen atoms in total. The fourth-order valence-corrected chi connectivity index (χ4v) is 9.97. The number of anilines is 2. The quantitative estimate of drug-likeness (QED) is 0.0495. The molecule has 6 heterocycles. The van der Waals surface area contributed by atoms with Crippen LogP contribution in [-0.4, -0.2) is 134 Å². The van der Waals surface area contributed by atoms with Gasteiger partial charge in [-0.05, 0) is 0 Å². The molecule has 4 aromatic heterocycles. The van der Waals surface area contributed by atoms with Gasteiger partial charge in [-0.1, -0.05) is 11.6 Å². The van der Waals surface area contributed by atoms with Crippen LogP contribution in [0.1, 0.15) is 12.5 Å². The summed E-state index contributed by atoms with van der Waals surface area (Å²) >= 11 is 5.50. The number of phosphoric ester groups is 2. The molecule has 0 aromatic carbocycles. The van der Waals surface area contributed by atoms with Crippen LogP contribution >= 0.6 is 42.4 Å². The molecule has 298 valence electrons. The van der Waals surface area contributed by atoms with Gasteiger partial charge in [0, 0.05) is 0 Å². The smallest absolute Gasteiger partial charge is 0.387 e. The Kier molecular flexibility index (Phi) is 11.4. The predicted molar refractivity (Wildman–Crippen MR) is 174 cm³/mol. The molecular formula is C21H29ClN10O18P4. The molecule has 2 aliphatic rings. The average molecular weight is 869 g/mol. The Morgan fingerprint density at radius 3 is 1.69 bits per heavy atom. The summed E-state index contributed by atoms with van der Waals surface area (Å²) in [5.41, 5.74) is 11.8. The van der Waals surface area contributed by atoms with Crippen LogP contribution in [0.5, 0.6) is 0 Å². The predicted octanol–water partition coefficient (Wildman–Crippen LogP) is -1.77. The van der Waals surface area contributed by atoms with Gasteiger partial charge in [0.25, 0.3) is 0 Å². The standard InChI is InChI=1S/C21H29ClN10O18P4/c22-21(51(36,37)38)52(39,40)49-14-8(48-20(13(14)35)32-6-30-10-16(24)26-4-28-18(10)32)2-46-54(43,44)50-53(41,42)45-1-7-11(33)12(34)19(47-7)31-5-29-9-15(23)25-3-27-17(9)31/h3-8,11-14,19-21,33-35H,1-2H2,(H,39,40)(H,41,42)(H,43,44)(H2,23,25,27)(H2,24,26,28)(H2,36,37,38)/t7-,8-,11-,12-,13-,14-,19-,20-,21?/m1/s1. The second-order valence-corrected chi connectivity index (χ2v) is 19.5. The van der Waals surface area contributed by atoms with Crippen molar-refractivity contribution >= 4 is 76.4 Å². The number of fused-ring (bicyclic) bond motifs is 2. The van der Waals surface area contributed by atoms with Crippen molar-refractivity contribution in [1.29, 1.82) is 0 Å². The second-order valence-electron chi connectivity index (χ2n) is 11.4. The summed E-state index contributed by atoms with van der Waals surface area (Å²) in [5.74, 6) is -0.0964. The molecule has 0 amide bonds. The van der Waals surface area contributed by atoms with Gasteiger partial charge in [-0.2, -0.15) is 4.31 Å². The first-order valence-electron chi connectivity index (χ1n) is 14.7. The fraction of sp³-hybridized carbons (Fsp3) is 0.524. The maximum absolute atomic E-state index is 12.8. The number of aromatic nitrogens is 8. The lowest BCUT2D eigenvalue weighted by Crippen LogP contribution is -2.36. The van der Waals surface area contributed by atoms with Gasteiger partial charge in [-0.15, -0.1) is 0 Å². The van der Waals surface area contributed by atoms with E-state index in [0.717, 1.165) is 23.5 Å². The summed E-state index contributed by atoms with van der Waals surface area (Å²) in [5, 5.41) is 32.2. The van der Waals surface area contributed by atoms with Crippen molar-refractivity contribution in [3.63, 3.8) is 0 Å². The van der Waals surface area contributed by atoms with E-state index < -0.39 is 98.0 Å². The largest absolute Gasteiger partial charge is 0.481 e. The third-order valence-corrected chi connectivity index (χ3v) is 15.3. The highest BCUT2D eigenvalue weighted by atomic mass is 35.5. The van der Waals surface area contributed by atoms with Crippen molar-refractivity contribution in [3.05, 3.63) is 25.3 Å². The summed E-state index contributed by atoms with van der Waals surface area (Å²) in [7, 11) is -22.3. The number of nitrogens with zero attached hydrogens (tertiary/aromatic N) is 8. The van der Waals surface area contributed by atoms with Crippen molar-refractivity contribution in [3.8, 4) is 0 Å². The van der Waals surface area contributed by atoms with Crippen molar-refractivity contribution in [2.24, 2.45) is 0 Å². The molecule has 12 atom stereocenters. The number of hydrogen-bond acceptors (Lipinski definition) is 21. The molecule has 0 radical (unpaired) electrons. The summed E-state index contributed by atoms with van der Waals surface area (Å²) in [6, 6.07) is 0. The molecule has 4 aromatic rings. The summed E-state index contributed by atoms with van der Waals surface area (Å²) in [4.78, 5) is 70.2. The number of aliphatic hydroxyl groups is 3. The number of imidazole rings is 2. The molecular weight excluding hydrogens is 840 g/mol. The molecule has 2 fully saturated rings. The summed E-state index contributed by atoms with van der Waals surface area (Å²) in [6.45, 7) is -2.26. The van der Waals surface area contributed by atoms with E-state index in [1.165, 1.54) is 10.9 Å². The lowest BCUT2D eigenvalue weighted by molar-refractivity contribution is -0.0527. The van der Waals surface area contributed by atoms with Crippen LogP contribution in [0.3, 0.4) is 0 Å². The minimum Gasteiger partial charge on any atom is -0.387 e. The highest BCUT2D eigenvalue weighted by Crippen LogP contribution is 2.66. The number of hydrogen-bond donors (Lipinski definition) is 10. The third-order valence-electron chi connectivity index (χ3n) is 7.80. The first kappa shape index (κ1) is 41.0. The van der Waals surface area contributed by atoms with Crippen LogP contribution in [0, 0.1) is 0 Å². The van der Waals surface area contributed by atoms with E-state index in [-0.39, 0.29) is 34.0 Å². The molecule has 2 saturated heterocycles. The van der Waals surface area contributed by atoms with E-state index in [0.29, 0.717) is 0 Å². The zero-order chi connectivity index (χ0) is 39.5. The SMILES string of the molecule is Nc1ncnc2c1ncn2[C@@H]1O[C@H](COP(=O)(O)OP(=O)(O)OC[C@H]2O[C@@H](n3cnc4c(N)ncnc43)[C@H](O)[C@@H]2OP(=O)(O)C(Cl)P(=O)(O)O)[C@@H](O)[C@H]1O. The normalized spacial score (nSPS) is 30.3. The zero-order valence-electron chi connectivity index (χ0n) is 26.5. The second kappa shape index (κ2) is 15.0. The molecule has 0 saturated carbocycles. The Labute approximate surface area is 304 Å². The van der Waals surface area contributed by atoms with Crippen LogP contribution in [0.4, 0.5) is 11.6 Å². The van der Waals surface area contributed by atoms with Crippen LogP contribution < -0.4 is 11.5 Å². The molecule has 12 N–H and O–H groups in total. The minimum absolute atomic E-state index is 0.00363. The highest BCUT2D eigenvalue weighted by Gasteiger charge is 2.54. The first-order chi connectivity index (χ1) is 25.1. The van der Waals surface area contributed by atoms with Gasteiger partial charge in [-0.3, -0.25) is 31.8 Å². The van der Waals surface area contributed by atoms with Gasteiger partial charge >= 0.3 is 30.8 Å². The number of halogens is 1. The molecule has 0 aliphatic carbocycles. The van der Waals surface area contributed by atoms with Crippen molar-refractivity contribution < 1.29 is 85.4 Å². The number of nitrogens with two attached hydrogens (primary N) is 2. The van der Waals surface area contributed by atoms with Crippen molar-refractivity contribution in [2.75, 3.05) is 24.7 Å². The van der Waals surface area contributed by atoms with E-state index in [1.807, 2.05) is 0 Å². The topological polar surface area (TPSA) is 425 Å². The van der Waals surface area contributed by atoms with Gasteiger partial charge in [0.05, 0.1) is 25.9 Å². The van der Waals surface area contributed by atoms with E-state index in [1.54, 1.807) is 0 Å². The van der Waals surface area contributed by atoms with Gasteiger partial charge in [0.2, 0.25) is 4.86 Å². The average Bonchev–Trinajstić information content (AvgIpc) is 3.84. The lowest BCUT2D eigenvalue weighted by atomic mass is 10.1. The fourth-order valence-electron chi connectivity index (χ4n) is 5.35. The maximum atomic E-state index is 12.8. The Balaban J connectivity index is 1.13. The molecule has 0 spiro atoms. The highest BCUT2D eigenvalue weighted by molar-refractivity contribution is 7.74. The van der Waals surface area contributed by atoms with Crippen molar-refractivity contribution in [2.45, 2.75) is 53.9 Å². The summed E-state index contributed by atoms with van der Waals surface area (Å²) in [6.07, 6.45) is -9.71. The van der Waals surface area contributed by atoms with Crippen LogP contribution in [0.2, 0.25) is 0 Å². The Morgan fingerprint density at radius 2 is 1.19 bits per heavy atom. The van der Waals surface area contributed by atoms with Gasteiger partial charge in [0.1, 0.15) is 60.3 Å². The zero-order valence-corrected chi connectivity index (χ0v) is 30.8. The Hall–Kier alpha value is -2.65. The number of alkyl halides is 1. The lowest BCUT2D eigenvalue weighted by Gasteiger charge is -2.26. The van der Waals surface area contributed by atoms with Crippen molar-refractivity contribution in [1.82, 2.24) is 39.0 Å². The Morgan fingerprint density at radius 1 is 0.722 bits per heavy atom. The molecule has 54 heavy (non-hydrogen) atoms. The van der Waals surface area contributed by atoms with E-state index in [4.69, 9.17) is 46.1 Å². The maximum Gasteiger partial charge on any atom is 0.481 e. The van der Waals surface area contributed by atoms with Gasteiger partial charge in [-0.25, -0.2) is 39.0 Å². The van der Waals surface area contributed by atoms with Crippen LogP contribution in [0.25, 0.3) is 22.3 Å². The van der Waals surface area contributed by atoms with Gasteiger partial charge in [0.15, 0.2) is 35.4 Å². The van der Waals surface area contributed by atoms with Gasteiger partial charge < -0.3 is 60.7 Å².